The first-order valence-corrected chi connectivity index (χ1v) is 7.88. The number of nitrogens with zero attached hydrogens (tertiary/aromatic N) is 2. The maximum Gasteiger partial charge on any atom is 0.293 e. The Bertz CT molecular complexity index is 499. The van der Waals surface area contributed by atoms with E-state index in [2.05, 4.69) is 46.9 Å². The lowest BCUT2D eigenvalue weighted by molar-refractivity contribution is -0.384. The maximum atomic E-state index is 11.1. The van der Waals surface area contributed by atoms with E-state index in [0.29, 0.717) is 5.69 Å². The van der Waals surface area contributed by atoms with Crippen molar-refractivity contribution < 1.29 is 4.92 Å². The Balaban J connectivity index is 2.16. The number of nitro groups is 1. The van der Waals surface area contributed by atoms with Gasteiger partial charge in [-0.25, -0.2) is 0 Å². The Hall–Kier alpha value is -0.890. The van der Waals surface area contributed by atoms with Gasteiger partial charge in [-0.15, -0.1) is 0 Å². The summed E-state index contributed by atoms with van der Waals surface area (Å²) < 4.78 is 0.878. The van der Waals surface area contributed by atoms with Crippen LogP contribution in [0.15, 0.2) is 18.2 Å². The number of nitro benzene ring substituents is 1. The van der Waals surface area contributed by atoms with Crippen molar-refractivity contribution in [1.29, 1.82) is 0 Å². The van der Waals surface area contributed by atoms with Crippen LogP contribution < -0.4 is 5.32 Å². The molecule has 1 aliphatic carbocycles. The molecule has 0 amide bonds. The van der Waals surface area contributed by atoms with E-state index in [1.807, 2.05) is 6.07 Å². The second kappa shape index (κ2) is 6.26. The van der Waals surface area contributed by atoms with Gasteiger partial charge in [0.2, 0.25) is 0 Å². The molecule has 0 heterocycles. The minimum absolute atomic E-state index is 0.122. The Morgan fingerprint density at radius 1 is 1.40 bits per heavy atom. The van der Waals surface area contributed by atoms with E-state index >= 15 is 0 Å². The number of halogens is 1. The topological polar surface area (TPSA) is 58.4 Å². The monoisotopic (exact) mass is 389 g/mol. The fourth-order valence-corrected chi connectivity index (χ4v) is 3.36. The zero-order valence-corrected chi connectivity index (χ0v) is 14.0. The molecular weight excluding hydrogens is 369 g/mol. The second-order valence-electron chi connectivity index (χ2n) is 5.60. The summed E-state index contributed by atoms with van der Waals surface area (Å²) in [7, 11) is 4.19. The number of hydrogen-bond acceptors (Lipinski definition) is 4. The van der Waals surface area contributed by atoms with Gasteiger partial charge in [0.05, 0.1) is 4.92 Å². The highest BCUT2D eigenvalue weighted by molar-refractivity contribution is 14.1. The van der Waals surface area contributed by atoms with Gasteiger partial charge in [-0.1, -0.05) is 12.8 Å². The van der Waals surface area contributed by atoms with E-state index in [1.165, 1.54) is 12.8 Å². The van der Waals surface area contributed by atoms with Gasteiger partial charge in [0.25, 0.3) is 5.69 Å². The molecule has 1 aliphatic rings. The van der Waals surface area contributed by atoms with Gasteiger partial charge < -0.3 is 10.2 Å². The lowest BCUT2D eigenvalue weighted by Crippen LogP contribution is -2.47. The molecule has 6 heteroatoms. The van der Waals surface area contributed by atoms with Gasteiger partial charge in [-0.2, -0.15) is 0 Å². The minimum atomic E-state index is -0.318. The van der Waals surface area contributed by atoms with Crippen LogP contribution in [0.2, 0.25) is 0 Å². The van der Waals surface area contributed by atoms with E-state index in [0.717, 1.165) is 23.0 Å². The molecule has 1 N–H and O–H groups in total. The Morgan fingerprint density at radius 2 is 2.05 bits per heavy atom. The van der Waals surface area contributed by atoms with Crippen molar-refractivity contribution in [3.05, 3.63) is 31.9 Å². The summed E-state index contributed by atoms with van der Waals surface area (Å²) in [6.07, 6.45) is 4.75. The molecule has 0 atom stereocenters. The fourth-order valence-electron chi connectivity index (χ4n) is 2.88. The molecule has 1 aromatic carbocycles. The van der Waals surface area contributed by atoms with Crippen molar-refractivity contribution in [3.63, 3.8) is 0 Å². The minimum Gasteiger partial charge on any atom is -0.378 e. The third kappa shape index (κ3) is 3.22. The fraction of sp³-hybridized carbons (Fsp3) is 0.571. The standard InChI is InChI=1S/C14H20IN3O2/c1-17(2)14(7-3-4-8-14)10-16-12-6-5-11(15)9-13(12)18(19)20/h5-6,9,16H,3-4,7-8,10H2,1-2H3. The van der Waals surface area contributed by atoms with E-state index in [9.17, 15) is 10.1 Å². The highest BCUT2D eigenvalue weighted by Crippen LogP contribution is 2.35. The number of anilines is 1. The molecule has 2 rings (SSSR count). The smallest absolute Gasteiger partial charge is 0.293 e. The zero-order chi connectivity index (χ0) is 14.8. The predicted octanol–water partition coefficient (Wildman–Crippen LogP) is 3.49. The van der Waals surface area contributed by atoms with Crippen molar-refractivity contribution in [2.24, 2.45) is 0 Å². The molecule has 0 radical (unpaired) electrons. The molecule has 110 valence electrons. The molecule has 1 fully saturated rings. The first kappa shape index (κ1) is 15.5. The predicted molar refractivity (Wildman–Crippen MR) is 89.2 cm³/mol. The third-order valence-corrected chi connectivity index (χ3v) is 4.92. The first-order chi connectivity index (χ1) is 9.44. The van der Waals surface area contributed by atoms with Crippen LogP contribution in [0.4, 0.5) is 11.4 Å². The highest BCUT2D eigenvalue weighted by Gasteiger charge is 2.36. The number of hydrogen-bond donors (Lipinski definition) is 1. The summed E-state index contributed by atoms with van der Waals surface area (Å²) in [4.78, 5) is 13.1. The van der Waals surface area contributed by atoms with Crippen LogP contribution in [0.5, 0.6) is 0 Å². The molecule has 0 aliphatic heterocycles. The van der Waals surface area contributed by atoms with E-state index in [1.54, 1.807) is 12.1 Å². The largest absolute Gasteiger partial charge is 0.378 e. The summed E-state index contributed by atoms with van der Waals surface area (Å²) in [5.41, 5.74) is 0.893. The molecule has 0 unspecified atom stereocenters. The number of likely N-dealkylation sites (N-methyl/N-ethyl adjacent to an activating group) is 1. The van der Waals surface area contributed by atoms with Crippen LogP contribution in [-0.2, 0) is 0 Å². The number of benzene rings is 1. The molecule has 0 saturated heterocycles. The van der Waals surface area contributed by atoms with Gasteiger partial charge in [0.15, 0.2) is 0 Å². The summed E-state index contributed by atoms with van der Waals surface area (Å²) in [5.74, 6) is 0. The van der Waals surface area contributed by atoms with Crippen LogP contribution in [-0.4, -0.2) is 36.0 Å². The molecule has 0 bridgehead atoms. The Kier molecular flexibility index (Phi) is 4.85. The summed E-state index contributed by atoms with van der Waals surface area (Å²) in [6.45, 7) is 0.751. The van der Waals surface area contributed by atoms with Crippen LogP contribution in [0.3, 0.4) is 0 Å². The average molecular weight is 389 g/mol. The van der Waals surface area contributed by atoms with Crippen molar-refractivity contribution in [3.8, 4) is 0 Å². The van der Waals surface area contributed by atoms with Crippen LogP contribution in [0, 0.1) is 13.7 Å². The Labute approximate surface area is 133 Å². The number of rotatable bonds is 5. The van der Waals surface area contributed by atoms with Crippen molar-refractivity contribution in [2.45, 2.75) is 31.2 Å². The van der Waals surface area contributed by atoms with E-state index in [4.69, 9.17) is 0 Å². The van der Waals surface area contributed by atoms with Gasteiger partial charge in [-0.3, -0.25) is 10.1 Å². The molecule has 0 spiro atoms. The van der Waals surface area contributed by atoms with Crippen LogP contribution in [0.1, 0.15) is 25.7 Å². The zero-order valence-electron chi connectivity index (χ0n) is 11.9. The summed E-state index contributed by atoms with van der Waals surface area (Å²) in [6, 6.07) is 5.31. The molecule has 1 aromatic rings. The molecule has 20 heavy (non-hydrogen) atoms. The highest BCUT2D eigenvalue weighted by atomic mass is 127. The maximum absolute atomic E-state index is 11.1. The van der Waals surface area contributed by atoms with Crippen LogP contribution >= 0.6 is 22.6 Å². The SMILES string of the molecule is CN(C)C1(CNc2ccc(I)cc2[N+](=O)[O-])CCCC1. The second-order valence-corrected chi connectivity index (χ2v) is 6.84. The van der Waals surface area contributed by atoms with Gasteiger partial charge in [-0.05, 0) is 61.7 Å². The lowest BCUT2D eigenvalue weighted by Gasteiger charge is -2.36. The summed E-state index contributed by atoms with van der Waals surface area (Å²) >= 11 is 2.09. The Morgan fingerprint density at radius 3 is 2.60 bits per heavy atom. The van der Waals surface area contributed by atoms with Gasteiger partial charge >= 0.3 is 0 Å². The molecule has 5 nitrogen and oxygen atoms in total. The quantitative estimate of drug-likeness (QED) is 0.476. The molecular formula is C14H20IN3O2. The molecule has 1 saturated carbocycles. The first-order valence-electron chi connectivity index (χ1n) is 6.80. The third-order valence-electron chi connectivity index (χ3n) is 4.25. The molecule has 0 aromatic heterocycles. The average Bonchev–Trinajstić information content (AvgIpc) is 2.87. The normalized spacial score (nSPS) is 17.4. The van der Waals surface area contributed by atoms with E-state index in [-0.39, 0.29) is 16.1 Å². The van der Waals surface area contributed by atoms with Crippen molar-refractivity contribution in [2.75, 3.05) is 26.0 Å². The van der Waals surface area contributed by atoms with Crippen LogP contribution in [0.25, 0.3) is 0 Å². The lowest BCUT2D eigenvalue weighted by atomic mass is 9.96. The van der Waals surface area contributed by atoms with Gasteiger partial charge in [0.1, 0.15) is 5.69 Å². The van der Waals surface area contributed by atoms with E-state index < -0.39 is 0 Å². The number of nitrogens with one attached hydrogen (secondary N) is 1. The van der Waals surface area contributed by atoms with Crippen molar-refractivity contribution in [1.82, 2.24) is 4.90 Å². The van der Waals surface area contributed by atoms with Gasteiger partial charge in [0, 0.05) is 21.7 Å². The van der Waals surface area contributed by atoms with Crippen molar-refractivity contribution >= 4 is 34.0 Å². The summed E-state index contributed by atoms with van der Waals surface area (Å²) in [5, 5.41) is 14.4.